The van der Waals surface area contributed by atoms with Crippen molar-refractivity contribution in [1.29, 1.82) is 0 Å². The van der Waals surface area contributed by atoms with Gasteiger partial charge in [0.05, 0.1) is 6.61 Å². The Morgan fingerprint density at radius 2 is 2.29 bits per heavy atom. The van der Waals surface area contributed by atoms with E-state index in [0.29, 0.717) is 24.6 Å². The Bertz CT molecular complexity index is 559. The van der Waals surface area contributed by atoms with Gasteiger partial charge >= 0.3 is 5.97 Å². The molecule has 1 unspecified atom stereocenters. The molecular weight excluding hydrogens is 270 g/mol. The fourth-order valence-electron chi connectivity index (χ4n) is 2.21. The number of amides is 1. The van der Waals surface area contributed by atoms with Crippen LogP contribution in [0.5, 0.6) is 0 Å². The molecule has 1 aromatic rings. The molecule has 1 aliphatic heterocycles. The van der Waals surface area contributed by atoms with Crippen molar-refractivity contribution in [3.05, 3.63) is 41.0 Å². The number of carboxylic acids is 1. The monoisotopic (exact) mass is 289 g/mol. The highest BCUT2D eigenvalue weighted by atomic mass is 16.5. The van der Waals surface area contributed by atoms with E-state index in [1.165, 1.54) is 6.08 Å². The van der Waals surface area contributed by atoms with E-state index >= 15 is 0 Å². The first-order chi connectivity index (χ1) is 10.1. The van der Waals surface area contributed by atoms with E-state index in [0.717, 1.165) is 30.2 Å². The molecule has 1 fully saturated rings. The predicted molar refractivity (Wildman–Crippen MR) is 79.1 cm³/mol. The van der Waals surface area contributed by atoms with Gasteiger partial charge in [-0.2, -0.15) is 0 Å². The minimum absolute atomic E-state index is 0.146. The molecule has 0 aliphatic carbocycles. The molecule has 1 aromatic carbocycles. The number of rotatable bonds is 5. The van der Waals surface area contributed by atoms with Crippen LogP contribution in [0.3, 0.4) is 0 Å². The van der Waals surface area contributed by atoms with E-state index < -0.39 is 5.97 Å². The number of hydrogen-bond donors (Lipinski definition) is 2. The summed E-state index contributed by atoms with van der Waals surface area (Å²) in [5.74, 6) is -0.775. The molecule has 21 heavy (non-hydrogen) atoms. The highest BCUT2D eigenvalue weighted by Gasteiger charge is 2.16. The maximum atomic E-state index is 12.1. The van der Waals surface area contributed by atoms with Crippen LogP contribution in [0.25, 0.3) is 6.08 Å². The highest BCUT2D eigenvalue weighted by Crippen LogP contribution is 2.14. The van der Waals surface area contributed by atoms with Crippen LogP contribution in [-0.2, 0) is 9.53 Å². The smallest absolute Gasteiger partial charge is 0.328 e. The lowest BCUT2D eigenvalue weighted by Crippen LogP contribution is -2.29. The van der Waals surface area contributed by atoms with Crippen molar-refractivity contribution < 1.29 is 19.4 Å². The number of carbonyl (C=O) groups is 2. The molecule has 2 N–H and O–H groups in total. The van der Waals surface area contributed by atoms with Crippen molar-refractivity contribution in [1.82, 2.24) is 5.32 Å². The van der Waals surface area contributed by atoms with Crippen molar-refractivity contribution in [3.63, 3.8) is 0 Å². The number of nitrogens with one attached hydrogen (secondary N) is 1. The number of carbonyl (C=O) groups excluding carboxylic acids is 1. The van der Waals surface area contributed by atoms with Crippen molar-refractivity contribution in [2.75, 3.05) is 19.8 Å². The van der Waals surface area contributed by atoms with E-state index in [-0.39, 0.29) is 5.91 Å². The Morgan fingerprint density at radius 3 is 2.95 bits per heavy atom. The van der Waals surface area contributed by atoms with E-state index in [1.807, 2.05) is 13.0 Å². The average molecular weight is 289 g/mol. The number of carboxylic acid groups (broad SMARTS) is 1. The summed E-state index contributed by atoms with van der Waals surface area (Å²) in [6, 6.07) is 5.26. The van der Waals surface area contributed by atoms with Crippen LogP contribution < -0.4 is 5.32 Å². The van der Waals surface area contributed by atoms with Crippen LogP contribution >= 0.6 is 0 Å². The third kappa shape index (κ3) is 4.43. The fourth-order valence-corrected chi connectivity index (χ4v) is 2.21. The molecule has 2 rings (SSSR count). The third-order valence-electron chi connectivity index (χ3n) is 3.52. The lowest BCUT2D eigenvalue weighted by Gasteiger charge is -2.10. The fraction of sp³-hybridized carbons (Fsp3) is 0.375. The summed E-state index contributed by atoms with van der Waals surface area (Å²) in [6.45, 7) is 3.93. The lowest BCUT2D eigenvalue weighted by atomic mass is 10.0. The van der Waals surface area contributed by atoms with Gasteiger partial charge in [0.15, 0.2) is 0 Å². The molecule has 0 spiro atoms. The van der Waals surface area contributed by atoms with Gasteiger partial charge in [-0.15, -0.1) is 0 Å². The van der Waals surface area contributed by atoms with E-state index in [2.05, 4.69) is 5.32 Å². The SMILES string of the molecule is Cc1ccc(C(=O)NCC2CCOC2)cc1/C=C/C(=O)O. The summed E-state index contributed by atoms with van der Waals surface area (Å²) < 4.78 is 5.27. The Kier molecular flexibility index (Phi) is 5.11. The van der Waals surface area contributed by atoms with Crippen LogP contribution in [0.4, 0.5) is 0 Å². The molecule has 0 radical (unpaired) electrons. The molecular formula is C16H19NO4. The summed E-state index contributed by atoms with van der Waals surface area (Å²) in [5.41, 5.74) is 2.19. The Balaban J connectivity index is 2.03. The summed E-state index contributed by atoms with van der Waals surface area (Å²) in [6.07, 6.45) is 3.54. The zero-order valence-corrected chi connectivity index (χ0v) is 12.0. The van der Waals surface area contributed by atoms with Crippen LogP contribution in [0.1, 0.15) is 27.9 Å². The average Bonchev–Trinajstić information content (AvgIpc) is 2.97. The second-order valence-corrected chi connectivity index (χ2v) is 5.18. The number of hydrogen-bond acceptors (Lipinski definition) is 3. The van der Waals surface area contributed by atoms with E-state index in [9.17, 15) is 9.59 Å². The van der Waals surface area contributed by atoms with E-state index in [1.54, 1.807) is 12.1 Å². The molecule has 5 nitrogen and oxygen atoms in total. The Hall–Kier alpha value is -2.14. The van der Waals surface area contributed by atoms with Crippen LogP contribution in [0.2, 0.25) is 0 Å². The summed E-state index contributed by atoms with van der Waals surface area (Å²) in [7, 11) is 0. The molecule has 0 aromatic heterocycles. The molecule has 1 amide bonds. The van der Waals surface area contributed by atoms with Crippen molar-refractivity contribution in [2.45, 2.75) is 13.3 Å². The normalized spacial score (nSPS) is 18.0. The minimum Gasteiger partial charge on any atom is -0.478 e. The van der Waals surface area contributed by atoms with Gasteiger partial charge in [-0.1, -0.05) is 6.07 Å². The molecule has 1 atom stereocenters. The number of benzene rings is 1. The van der Waals surface area contributed by atoms with Gasteiger partial charge in [-0.05, 0) is 42.7 Å². The Labute approximate surface area is 123 Å². The summed E-state index contributed by atoms with van der Waals surface area (Å²) >= 11 is 0. The molecule has 0 saturated carbocycles. The Morgan fingerprint density at radius 1 is 1.48 bits per heavy atom. The number of ether oxygens (including phenoxy) is 1. The van der Waals surface area contributed by atoms with Gasteiger partial charge in [0.2, 0.25) is 0 Å². The maximum absolute atomic E-state index is 12.1. The van der Waals surface area contributed by atoms with Gasteiger partial charge in [-0.3, -0.25) is 4.79 Å². The van der Waals surface area contributed by atoms with Gasteiger partial charge in [0.1, 0.15) is 0 Å². The second kappa shape index (κ2) is 7.04. The molecule has 1 saturated heterocycles. The third-order valence-corrected chi connectivity index (χ3v) is 3.52. The van der Waals surface area contributed by atoms with Crippen LogP contribution in [0, 0.1) is 12.8 Å². The molecule has 5 heteroatoms. The zero-order chi connectivity index (χ0) is 15.2. The maximum Gasteiger partial charge on any atom is 0.328 e. The van der Waals surface area contributed by atoms with Gasteiger partial charge in [-0.25, -0.2) is 4.79 Å². The first kappa shape index (κ1) is 15.3. The standard InChI is InChI=1S/C16H19NO4/c1-11-2-3-14(8-13(11)4-5-15(18)19)16(20)17-9-12-6-7-21-10-12/h2-5,8,12H,6-7,9-10H2,1H3,(H,17,20)(H,18,19)/b5-4+. The number of aliphatic carboxylic acids is 1. The largest absolute Gasteiger partial charge is 0.478 e. The molecule has 1 aliphatic rings. The van der Waals surface area contributed by atoms with E-state index in [4.69, 9.17) is 9.84 Å². The van der Waals surface area contributed by atoms with Crippen LogP contribution in [0.15, 0.2) is 24.3 Å². The molecule has 0 bridgehead atoms. The topological polar surface area (TPSA) is 75.6 Å². The first-order valence-corrected chi connectivity index (χ1v) is 6.94. The second-order valence-electron chi connectivity index (χ2n) is 5.18. The van der Waals surface area contributed by atoms with Gasteiger partial charge in [0, 0.05) is 30.7 Å². The number of aryl methyl sites for hydroxylation is 1. The zero-order valence-electron chi connectivity index (χ0n) is 12.0. The molecule has 1 heterocycles. The lowest BCUT2D eigenvalue weighted by molar-refractivity contribution is -0.131. The molecule has 112 valence electrons. The predicted octanol–water partition coefficient (Wildman–Crippen LogP) is 1.86. The van der Waals surface area contributed by atoms with Gasteiger partial charge in [0.25, 0.3) is 5.91 Å². The summed E-state index contributed by atoms with van der Waals surface area (Å²) in [5, 5.41) is 11.6. The van der Waals surface area contributed by atoms with Crippen molar-refractivity contribution in [2.24, 2.45) is 5.92 Å². The first-order valence-electron chi connectivity index (χ1n) is 6.94. The van der Waals surface area contributed by atoms with Crippen LogP contribution in [-0.4, -0.2) is 36.7 Å². The van der Waals surface area contributed by atoms with Crippen molar-refractivity contribution in [3.8, 4) is 0 Å². The highest BCUT2D eigenvalue weighted by molar-refractivity contribution is 5.95. The summed E-state index contributed by atoms with van der Waals surface area (Å²) in [4.78, 5) is 22.7. The quantitative estimate of drug-likeness (QED) is 0.811. The minimum atomic E-state index is -1.01. The van der Waals surface area contributed by atoms with Crippen molar-refractivity contribution >= 4 is 18.0 Å². The van der Waals surface area contributed by atoms with Gasteiger partial charge < -0.3 is 15.2 Å².